The molecule has 1 heterocycles. The van der Waals surface area contributed by atoms with Gasteiger partial charge in [0.1, 0.15) is 0 Å². The van der Waals surface area contributed by atoms with E-state index in [-0.39, 0.29) is 23.9 Å². The number of hydrogen-bond donors (Lipinski definition) is 1. The number of carbonyl (C=O) groups excluding carboxylic acids is 3. The number of carbonyl (C=O) groups is 3. The summed E-state index contributed by atoms with van der Waals surface area (Å²) < 4.78 is 11.5. The van der Waals surface area contributed by atoms with Gasteiger partial charge in [0.2, 0.25) is 0 Å². The monoisotopic (exact) mass is 556 g/mol. The molecule has 3 aromatic rings. The Morgan fingerprint density at radius 3 is 2.39 bits per heavy atom. The van der Waals surface area contributed by atoms with E-state index in [2.05, 4.69) is 27.9 Å². The van der Waals surface area contributed by atoms with Crippen LogP contribution in [0.1, 0.15) is 36.6 Å². The largest absolute Gasteiger partial charge is 0.493 e. The van der Waals surface area contributed by atoms with Crippen LogP contribution >= 0.6 is 22.6 Å². The number of anilines is 1. The molecule has 3 aromatic carbocycles. The van der Waals surface area contributed by atoms with Gasteiger partial charge in [0.15, 0.2) is 11.5 Å². The highest BCUT2D eigenvalue weighted by Crippen LogP contribution is 2.29. The van der Waals surface area contributed by atoms with Crippen molar-refractivity contribution < 1.29 is 23.9 Å². The van der Waals surface area contributed by atoms with E-state index in [0.717, 1.165) is 9.13 Å². The van der Waals surface area contributed by atoms with E-state index in [1.807, 2.05) is 30.3 Å². The molecule has 1 N–H and O–H groups in total. The summed E-state index contributed by atoms with van der Waals surface area (Å²) in [6.07, 6.45) is 0.464. The third-order valence-corrected chi connectivity index (χ3v) is 6.06. The van der Waals surface area contributed by atoms with Gasteiger partial charge in [-0.25, -0.2) is 0 Å². The predicted octanol–water partition coefficient (Wildman–Crippen LogP) is 4.40. The van der Waals surface area contributed by atoms with Crippen molar-refractivity contribution in [2.24, 2.45) is 0 Å². The van der Waals surface area contributed by atoms with Gasteiger partial charge in [-0.05, 0) is 83.1 Å². The van der Waals surface area contributed by atoms with Crippen LogP contribution in [0.5, 0.6) is 11.5 Å². The molecule has 1 aliphatic heterocycles. The molecule has 0 saturated carbocycles. The van der Waals surface area contributed by atoms with Crippen molar-refractivity contribution in [1.29, 1.82) is 0 Å². The minimum absolute atomic E-state index is 0.214. The Bertz CT molecular complexity index is 1260. The lowest BCUT2D eigenvalue weighted by Crippen LogP contribution is -2.31. The standard InChI is InChI=1S/C25H21IN2O5/c1-32-21-9-6-15(12-22(21)33-2)10-11-28-24(30)19-8-7-16(13-20(19)25(28)31)23(29)27-18-5-3-4-17(26)14-18/h3-9,12-14H,10-11H2,1-2H3,(H,27,29). The van der Waals surface area contributed by atoms with Crippen molar-refractivity contribution in [3.8, 4) is 11.5 Å². The van der Waals surface area contributed by atoms with Gasteiger partial charge in [-0.1, -0.05) is 12.1 Å². The Balaban J connectivity index is 1.48. The fourth-order valence-electron chi connectivity index (χ4n) is 3.68. The maximum atomic E-state index is 13.0. The van der Waals surface area contributed by atoms with E-state index in [1.54, 1.807) is 32.4 Å². The molecular formula is C25H21IN2O5. The molecule has 7 nitrogen and oxygen atoms in total. The Kier molecular flexibility index (Phi) is 6.64. The third-order valence-electron chi connectivity index (χ3n) is 5.39. The molecule has 0 saturated heterocycles. The number of halogens is 1. The van der Waals surface area contributed by atoms with Crippen molar-refractivity contribution in [3.63, 3.8) is 0 Å². The SMILES string of the molecule is COc1ccc(CCN2C(=O)c3ccc(C(=O)Nc4cccc(I)c4)cc3C2=O)cc1OC. The number of methoxy groups -OCH3 is 2. The van der Waals surface area contributed by atoms with Crippen LogP contribution in [0.3, 0.4) is 0 Å². The number of nitrogens with zero attached hydrogens (tertiary/aromatic N) is 1. The summed E-state index contributed by atoms with van der Waals surface area (Å²) in [5, 5.41) is 2.82. The zero-order chi connectivity index (χ0) is 23.5. The maximum absolute atomic E-state index is 13.0. The number of rotatable bonds is 7. The molecule has 0 atom stereocenters. The minimum atomic E-state index is -0.403. The molecular weight excluding hydrogens is 535 g/mol. The number of nitrogens with one attached hydrogen (secondary N) is 1. The summed E-state index contributed by atoms with van der Waals surface area (Å²) in [4.78, 5) is 39.7. The van der Waals surface area contributed by atoms with Crippen LogP contribution in [0.25, 0.3) is 0 Å². The van der Waals surface area contributed by atoms with E-state index < -0.39 is 5.91 Å². The van der Waals surface area contributed by atoms with Crippen molar-refractivity contribution >= 4 is 46.0 Å². The second-order valence-corrected chi connectivity index (χ2v) is 8.67. The van der Waals surface area contributed by atoms with Gasteiger partial charge in [0.05, 0.1) is 25.3 Å². The van der Waals surface area contributed by atoms with Crippen LogP contribution in [-0.4, -0.2) is 43.4 Å². The smallest absolute Gasteiger partial charge is 0.261 e. The van der Waals surface area contributed by atoms with Gasteiger partial charge >= 0.3 is 0 Å². The molecule has 4 rings (SSSR count). The number of imide groups is 1. The Morgan fingerprint density at radius 1 is 0.909 bits per heavy atom. The fraction of sp³-hybridized carbons (Fsp3) is 0.160. The van der Waals surface area contributed by atoms with Gasteiger partial charge in [0, 0.05) is 21.4 Å². The Morgan fingerprint density at radius 2 is 1.67 bits per heavy atom. The van der Waals surface area contributed by atoms with Gasteiger partial charge in [-0.2, -0.15) is 0 Å². The van der Waals surface area contributed by atoms with Gasteiger partial charge in [-0.15, -0.1) is 0 Å². The summed E-state index contributed by atoms with van der Waals surface area (Å²) in [5.41, 5.74) is 2.42. The second kappa shape index (κ2) is 9.62. The first-order valence-electron chi connectivity index (χ1n) is 10.2. The van der Waals surface area contributed by atoms with Crippen LogP contribution in [0.15, 0.2) is 60.7 Å². The average Bonchev–Trinajstić information content (AvgIpc) is 3.06. The molecule has 0 unspecified atom stereocenters. The van der Waals surface area contributed by atoms with E-state index in [1.165, 1.54) is 17.0 Å². The van der Waals surface area contributed by atoms with Gasteiger partial charge < -0.3 is 14.8 Å². The molecule has 33 heavy (non-hydrogen) atoms. The Hall–Kier alpha value is -3.40. The topological polar surface area (TPSA) is 84.9 Å². The van der Waals surface area contributed by atoms with Crippen molar-refractivity contribution in [1.82, 2.24) is 4.90 Å². The third kappa shape index (κ3) is 4.70. The number of amides is 3. The Labute approximate surface area is 204 Å². The zero-order valence-electron chi connectivity index (χ0n) is 18.1. The number of ether oxygens (including phenoxy) is 2. The predicted molar refractivity (Wildman–Crippen MR) is 132 cm³/mol. The highest BCUT2D eigenvalue weighted by molar-refractivity contribution is 14.1. The molecule has 8 heteroatoms. The second-order valence-electron chi connectivity index (χ2n) is 7.43. The zero-order valence-corrected chi connectivity index (χ0v) is 20.2. The lowest BCUT2D eigenvalue weighted by Gasteiger charge is -2.14. The number of fused-ring (bicyclic) bond motifs is 1. The van der Waals surface area contributed by atoms with Crippen LogP contribution < -0.4 is 14.8 Å². The summed E-state index contributed by atoms with van der Waals surface area (Å²) in [6, 6.07) is 17.5. The molecule has 0 bridgehead atoms. The quantitative estimate of drug-likeness (QED) is 0.345. The highest BCUT2D eigenvalue weighted by Gasteiger charge is 2.35. The van der Waals surface area contributed by atoms with E-state index >= 15 is 0 Å². The molecule has 3 amide bonds. The number of benzene rings is 3. The molecule has 0 aliphatic carbocycles. The molecule has 1 aliphatic rings. The minimum Gasteiger partial charge on any atom is -0.493 e. The van der Waals surface area contributed by atoms with Crippen LogP contribution in [0.4, 0.5) is 5.69 Å². The first kappa shape index (κ1) is 22.8. The highest BCUT2D eigenvalue weighted by atomic mass is 127. The molecule has 168 valence electrons. The molecule has 0 radical (unpaired) electrons. The van der Waals surface area contributed by atoms with Crippen LogP contribution in [-0.2, 0) is 6.42 Å². The van der Waals surface area contributed by atoms with Crippen molar-refractivity contribution in [2.45, 2.75) is 6.42 Å². The first-order valence-corrected chi connectivity index (χ1v) is 11.3. The summed E-state index contributed by atoms with van der Waals surface area (Å²) in [7, 11) is 3.11. The van der Waals surface area contributed by atoms with Gasteiger partial charge in [-0.3, -0.25) is 19.3 Å². The van der Waals surface area contributed by atoms with Crippen LogP contribution in [0, 0.1) is 3.57 Å². The van der Waals surface area contributed by atoms with E-state index in [0.29, 0.717) is 34.7 Å². The summed E-state index contributed by atoms with van der Waals surface area (Å²) in [5.74, 6) is 0.0855. The first-order chi connectivity index (χ1) is 15.9. The summed E-state index contributed by atoms with van der Waals surface area (Å²) in [6.45, 7) is 0.214. The lowest BCUT2D eigenvalue weighted by molar-refractivity contribution is 0.0656. The maximum Gasteiger partial charge on any atom is 0.261 e. The van der Waals surface area contributed by atoms with Gasteiger partial charge in [0.25, 0.3) is 17.7 Å². The summed E-state index contributed by atoms with van der Waals surface area (Å²) >= 11 is 2.16. The van der Waals surface area contributed by atoms with Crippen molar-refractivity contribution in [2.75, 3.05) is 26.1 Å². The van der Waals surface area contributed by atoms with Crippen molar-refractivity contribution in [3.05, 3.63) is 86.5 Å². The lowest BCUT2D eigenvalue weighted by atomic mass is 10.1. The van der Waals surface area contributed by atoms with E-state index in [4.69, 9.17) is 9.47 Å². The number of hydrogen-bond acceptors (Lipinski definition) is 5. The van der Waals surface area contributed by atoms with E-state index in [9.17, 15) is 14.4 Å². The average molecular weight is 556 g/mol. The molecule has 0 fully saturated rings. The molecule has 0 aromatic heterocycles. The normalized spacial score (nSPS) is 12.5. The van der Waals surface area contributed by atoms with Crippen LogP contribution in [0.2, 0.25) is 0 Å². The fourth-order valence-corrected chi connectivity index (χ4v) is 4.22. The molecule has 0 spiro atoms.